The lowest BCUT2D eigenvalue weighted by atomic mass is 10.2. The molecule has 1 aliphatic heterocycles. The molecule has 1 aliphatic rings. The van der Waals surface area contributed by atoms with Crippen molar-refractivity contribution in [1.29, 1.82) is 0 Å². The zero-order valence-electron chi connectivity index (χ0n) is 11.9. The van der Waals surface area contributed by atoms with E-state index in [0.717, 1.165) is 19.4 Å². The van der Waals surface area contributed by atoms with Crippen LogP contribution in [0.3, 0.4) is 0 Å². The summed E-state index contributed by atoms with van der Waals surface area (Å²) in [6.45, 7) is 3.73. The number of rotatable bonds is 5. The fourth-order valence-electron chi connectivity index (χ4n) is 2.30. The van der Waals surface area contributed by atoms with E-state index in [4.69, 9.17) is 9.47 Å². The summed E-state index contributed by atoms with van der Waals surface area (Å²) >= 11 is 0. The third kappa shape index (κ3) is 3.13. The van der Waals surface area contributed by atoms with Crippen molar-refractivity contribution in [2.24, 2.45) is 0 Å². The average Bonchev–Trinajstić information content (AvgIpc) is 3.13. The minimum atomic E-state index is -0.214. The molecule has 112 valence electrons. The molecule has 0 radical (unpaired) electrons. The number of aromatic nitrogens is 3. The molecule has 1 N–H and O–H groups in total. The van der Waals surface area contributed by atoms with Crippen LogP contribution in [0, 0.1) is 0 Å². The van der Waals surface area contributed by atoms with Gasteiger partial charge in [0.05, 0.1) is 18.9 Å². The zero-order valence-corrected chi connectivity index (χ0v) is 11.9. The summed E-state index contributed by atoms with van der Waals surface area (Å²) in [6, 6.07) is 3.51. The third-order valence-corrected chi connectivity index (χ3v) is 3.33. The molecule has 0 aromatic carbocycles. The van der Waals surface area contributed by atoms with Gasteiger partial charge in [0, 0.05) is 19.2 Å². The molecule has 0 saturated carbocycles. The summed E-state index contributed by atoms with van der Waals surface area (Å²) in [5.41, 5.74) is 0.954. The van der Waals surface area contributed by atoms with E-state index in [9.17, 15) is 4.79 Å². The van der Waals surface area contributed by atoms with Gasteiger partial charge in [-0.1, -0.05) is 0 Å². The number of fused-ring (bicyclic) bond motifs is 1. The molecule has 7 heteroatoms. The van der Waals surface area contributed by atoms with E-state index in [1.54, 1.807) is 22.8 Å². The molecular formula is C14H18N4O3. The second kappa shape index (κ2) is 6.09. The Bertz CT molecular complexity index is 634. The van der Waals surface area contributed by atoms with Gasteiger partial charge in [0.15, 0.2) is 5.65 Å². The SMILES string of the molecule is CCOc1ccc2nc(C(=O)NC[C@@H]3CCCO3)cn2n1. The molecule has 7 nitrogen and oxygen atoms in total. The summed E-state index contributed by atoms with van der Waals surface area (Å²) in [5.74, 6) is 0.294. The number of imidazole rings is 1. The first-order valence-corrected chi connectivity index (χ1v) is 7.15. The van der Waals surface area contributed by atoms with Crippen LogP contribution in [0.5, 0.6) is 5.88 Å². The Hall–Kier alpha value is -2.15. The van der Waals surface area contributed by atoms with Crippen molar-refractivity contribution in [3.8, 4) is 5.88 Å². The summed E-state index contributed by atoms with van der Waals surface area (Å²) in [6.07, 6.45) is 3.76. The normalized spacial score (nSPS) is 18.0. The average molecular weight is 290 g/mol. The molecule has 21 heavy (non-hydrogen) atoms. The van der Waals surface area contributed by atoms with Crippen molar-refractivity contribution >= 4 is 11.6 Å². The van der Waals surface area contributed by atoms with Gasteiger partial charge in [0.1, 0.15) is 5.69 Å². The third-order valence-electron chi connectivity index (χ3n) is 3.33. The van der Waals surface area contributed by atoms with Gasteiger partial charge < -0.3 is 14.8 Å². The zero-order chi connectivity index (χ0) is 14.7. The van der Waals surface area contributed by atoms with Crippen LogP contribution in [-0.2, 0) is 4.74 Å². The second-order valence-corrected chi connectivity index (χ2v) is 4.88. The summed E-state index contributed by atoms with van der Waals surface area (Å²) in [4.78, 5) is 16.3. The highest BCUT2D eigenvalue weighted by Gasteiger charge is 2.18. The Kier molecular flexibility index (Phi) is 4.01. The monoisotopic (exact) mass is 290 g/mol. The van der Waals surface area contributed by atoms with Gasteiger partial charge in [0.2, 0.25) is 5.88 Å². The van der Waals surface area contributed by atoms with E-state index in [2.05, 4.69) is 15.4 Å². The van der Waals surface area contributed by atoms with Crippen LogP contribution < -0.4 is 10.1 Å². The van der Waals surface area contributed by atoms with Crippen molar-refractivity contribution in [3.05, 3.63) is 24.0 Å². The van der Waals surface area contributed by atoms with Gasteiger partial charge in [-0.05, 0) is 25.8 Å². The van der Waals surface area contributed by atoms with Crippen LogP contribution in [0.15, 0.2) is 18.3 Å². The number of carbonyl (C=O) groups excluding carboxylic acids is 1. The van der Waals surface area contributed by atoms with Gasteiger partial charge in [-0.2, -0.15) is 0 Å². The van der Waals surface area contributed by atoms with Crippen LogP contribution >= 0.6 is 0 Å². The second-order valence-electron chi connectivity index (χ2n) is 4.88. The lowest BCUT2D eigenvalue weighted by molar-refractivity contribution is 0.0854. The molecule has 1 saturated heterocycles. The van der Waals surface area contributed by atoms with Gasteiger partial charge in [0.25, 0.3) is 5.91 Å². The molecule has 3 rings (SSSR count). The highest BCUT2D eigenvalue weighted by molar-refractivity contribution is 5.92. The maximum absolute atomic E-state index is 12.1. The summed E-state index contributed by atoms with van der Waals surface area (Å²) in [5, 5.41) is 7.08. The van der Waals surface area contributed by atoms with Crippen molar-refractivity contribution in [1.82, 2.24) is 19.9 Å². The Morgan fingerprint density at radius 1 is 1.57 bits per heavy atom. The number of amides is 1. The minimum Gasteiger partial charge on any atom is -0.477 e. The van der Waals surface area contributed by atoms with Crippen molar-refractivity contribution in [3.63, 3.8) is 0 Å². The first-order valence-electron chi connectivity index (χ1n) is 7.15. The molecule has 3 heterocycles. The first kappa shape index (κ1) is 13.8. The molecule has 2 aromatic rings. The predicted octanol–water partition coefficient (Wildman–Crippen LogP) is 1.04. The highest BCUT2D eigenvalue weighted by Crippen LogP contribution is 2.12. The Morgan fingerprint density at radius 2 is 2.48 bits per heavy atom. The van der Waals surface area contributed by atoms with E-state index >= 15 is 0 Å². The minimum absolute atomic E-state index is 0.119. The fraction of sp³-hybridized carbons (Fsp3) is 0.500. The largest absolute Gasteiger partial charge is 0.477 e. The first-order chi connectivity index (χ1) is 10.3. The maximum atomic E-state index is 12.1. The number of hydrogen-bond donors (Lipinski definition) is 1. The Labute approximate surface area is 122 Å². The molecular weight excluding hydrogens is 272 g/mol. The number of hydrogen-bond acceptors (Lipinski definition) is 5. The van der Waals surface area contributed by atoms with Crippen LogP contribution in [0.2, 0.25) is 0 Å². The standard InChI is InChI=1S/C14H18N4O3/c1-2-20-13-6-5-12-16-11(9-18(12)17-13)14(19)15-8-10-4-3-7-21-10/h5-6,9-10H,2-4,7-8H2,1H3,(H,15,19)/t10-/m0/s1. The molecule has 0 unspecified atom stereocenters. The van der Waals surface area contributed by atoms with Crippen LogP contribution in [0.1, 0.15) is 30.3 Å². The molecule has 1 atom stereocenters. The smallest absolute Gasteiger partial charge is 0.271 e. The predicted molar refractivity (Wildman–Crippen MR) is 75.5 cm³/mol. The fourth-order valence-corrected chi connectivity index (χ4v) is 2.30. The van der Waals surface area contributed by atoms with Crippen LogP contribution in [0.4, 0.5) is 0 Å². The topological polar surface area (TPSA) is 77.8 Å². The van der Waals surface area contributed by atoms with Crippen LogP contribution in [0.25, 0.3) is 5.65 Å². The van der Waals surface area contributed by atoms with E-state index in [1.165, 1.54) is 0 Å². The van der Waals surface area contributed by atoms with Crippen molar-refractivity contribution < 1.29 is 14.3 Å². The van der Waals surface area contributed by atoms with Crippen molar-refractivity contribution in [2.45, 2.75) is 25.9 Å². The highest BCUT2D eigenvalue weighted by atomic mass is 16.5. The molecule has 1 fully saturated rings. The lowest BCUT2D eigenvalue weighted by Gasteiger charge is -2.09. The molecule has 0 bridgehead atoms. The van der Waals surface area contributed by atoms with Gasteiger partial charge >= 0.3 is 0 Å². The molecule has 1 amide bonds. The quantitative estimate of drug-likeness (QED) is 0.890. The summed E-state index contributed by atoms with van der Waals surface area (Å²) in [7, 11) is 0. The summed E-state index contributed by atoms with van der Waals surface area (Å²) < 4.78 is 12.3. The van der Waals surface area contributed by atoms with E-state index in [0.29, 0.717) is 30.4 Å². The van der Waals surface area contributed by atoms with E-state index in [1.807, 2.05) is 6.92 Å². The number of nitrogens with zero attached hydrogens (tertiary/aromatic N) is 3. The number of nitrogens with one attached hydrogen (secondary N) is 1. The molecule has 0 aliphatic carbocycles. The number of ether oxygens (including phenoxy) is 2. The number of carbonyl (C=O) groups is 1. The van der Waals surface area contributed by atoms with Gasteiger partial charge in [-0.3, -0.25) is 4.79 Å². The molecule has 0 spiro atoms. The molecule has 2 aromatic heterocycles. The Morgan fingerprint density at radius 3 is 3.24 bits per heavy atom. The van der Waals surface area contributed by atoms with E-state index < -0.39 is 0 Å². The van der Waals surface area contributed by atoms with E-state index in [-0.39, 0.29) is 12.0 Å². The van der Waals surface area contributed by atoms with Gasteiger partial charge in [-0.15, -0.1) is 5.10 Å². The van der Waals surface area contributed by atoms with Gasteiger partial charge in [-0.25, -0.2) is 9.50 Å². The Balaban J connectivity index is 1.69. The van der Waals surface area contributed by atoms with Crippen LogP contribution in [-0.4, -0.2) is 46.4 Å². The maximum Gasteiger partial charge on any atom is 0.271 e. The van der Waals surface area contributed by atoms with Crippen molar-refractivity contribution in [2.75, 3.05) is 19.8 Å². The lowest BCUT2D eigenvalue weighted by Crippen LogP contribution is -2.31.